The van der Waals surface area contributed by atoms with Crippen LogP contribution in [0.3, 0.4) is 0 Å². The Bertz CT molecular complexity index is 1220. The molecule has 1 aromatic heterocycles. The van der Waals surface area contributed by atoms with Crippen LogP contribution in [0, 0.1) is 0 Å². The predicted molar refractivity (Wildman–Crippen MR) is 122 cm³/mol. The molecule has 152 valence electrons. The monoisotopic (exact) mass is 418 g/mol. The van der Waals surface area contributed by atoms with Crippen LogP contribution in [-0.4, -0.2) is 25.7 Å². The summed E-state index contributed by atoms with van der Waals surface area (Å²) in [5.74, 6) is 1.65. The zero-order valence-electron chi connectivity index (χ0n) is 17.0. The van der Waals surface area contributed by atoms with Gasteiger partial charge in [-0.25, -0.2) is 0 Å². The lowest BCUT2D eigenvalue weighted by molar-refractivity contribution is 0.393. The zero-order chi connectivity index (χ0) is 20.7. The highest BCUT2D eigenvalue weighted by Gasteiger charge is 2.28. The normalized spacial score (nSPS) is 15.8. The molecule has 1 unspecified atom stereocenters. The van der Waals surface area contributed by atoms with Gasteiger partial charge in [-0.2, -0.15) is 0 Å². The van der Waals surface area contributed by atoms with E-state index in [4.69, 9.17) is 21.1 Å². The second-order valence-corrected chi connectivity index (χ2v) is 7.94. The summed E-state index contributed by atoms with van der Waals surface area (Å²) in [5, 5.41) is 5.60. The largest absolute Gasteiger partial charge is 0.496 e. The number of aromatic amines is 1. The van der Waals surface area contributed by atoms with E-state index < -0.39 is 0 Å². The van der Waals surface area contributed by atoms with Crippen LogP contribution in [0.25, 0.3) is 22.0 Å². The summed E-state index contributed by atoms with van der Waals surface area (Å²) in [5.41, 5.74) is 6.73. The first-order chi connectivity index (χ1) is 14.7. The van der Waals surface area contributed by atoms with E-state index in [0.29, 0.717) is 0 Å². The minimum Gasteiger partial charge on any atom is -0.496 e. The molecule has 1 atom stereocenters. The Morgan fingerprint density at radius 3 is 2.50 bits per heavy atom. The maximum absolute atomic E-state index is 6.27. The molecule has 0 saturated carbocycles. The molecular formula is C25H23ClN2O2. The first kappa shape index (κ1) is 19.0. The highest BCUT2D eigenvalue weighted by Crippen LogP contribution is 2.42. The van der Waals surface area contributed by atoms with Crippen molar-refractivity contribution in [3.8, 4) is 22.6 Å². The van der Waals surface area contributed by atoms with E-state index in [-0.39, 0.29) is 6.04 Å². The van der Waals surface area contributed by atoms with Crippen molar-refractivity contribution < 1.29 is 9.47 Å². The minimum absolute atomic E-state index is 0.0198. The standard InChI is InChI=1S/C25H23ClN2O2/c1-29-22-14-20(23(30-2)13-18(22)15-6-4-3-5-7-15)24-25-17(10-11-27-24)19-12-16(26)8-9-21(19)28-25/h3-9,12-14,24,27-28H,10-11H2,1-2H3. The van der Waals surface area contributed by atoms with E-state index in [2.05, 4.69) is 34.6 Å². The van der Waals surface area contributed by atoms with Crippen LogP contribution in [0.2, 0.25) is 5.02 Å². The van der Waals surface area contributed by atoms with Crippen molar-refractivity contribution in [1.29, 1.82) is 0 Å². The molecule has 0 spiro atoms. The first-order valence-electron chi connectivity index (χ1n) is 10.0. The summed E-state index contributed by atoms with van der Waals surface area (Å²) in [6.07, 6.45) is 0.952. The Morgan fingerprint density at radius 2 is 1.73 bits per heavy atom. The summed E-state index contributed by atoms with van der Waals surface area (Å²) in [6.45, 7) is 0.878. The van der Waals surface area contributed by atoms with Crippen molar-refractivity contribution in [3.05, 3.63) is 82.5 Å². The van der Waals surface area contributed by atoms with E-state index in [1.165, 1.54) is 10.9 Å². The van der Waals surface area contributed by atoms with Crippen molar-refractivity contribution in [1.82, 2.24) is 10.3 Å². The third-order valence-corrected chi connectivity index (χ3v) is 6.10. The van der Waals surface area contributed by atoms with Gasteiger partial charge in [0.25, 0.3) is 0 Å². The van der Waals surface area contributed by atoms with Crippen molar-refractivity contribution >= 4 is 22.5 Å². The topological polar surface area (TPSA) is 46.3 Å². The Hall–Kier alpha value is -2.95. The summed E-state index contributed by atoms with van der Waals surface area (Å²) in [4.78, 5) is 3.61. The molecule has 4 aromatic rings. The smallest absolute Gasteiger partial charge is 0.127 e. The fraction of sp³-hybridized carbons (Fsp3) is 0.200. The lowest BCUT2D eigenvalue weighted by atomic mass is 9.92. The van der Waals surface area contributed by atoms with E-state index in [0.717, 1.165) is 57.4 Å². The molecule has 5 rings (SSSR count). The molecular weight excluding hydrogens is 396 g/mol. The lowest BCUT2D eigenvalue weighted by Crippen LogP contribution is -2.30. The Labute approximate surface area is 180 Å². The Balaban J connectivity index is 1.67. The van der Waals surface area contributed by atoms with Crippen LogP contribution in [0.4, 0.5) is 0 Å². The molecule has 0 amide bonds. The van der Waals surface area contributed by atoms with Crippen LogP contribution in [0.1, 0.15) is 22.9 Å². The van der Waals surface area contributed by atoms with Crippen LogP contribution in [-0.2, 0) is 6.42 Å². The maximum Gasteiger partial charge on any atom is 0.127 e. The number of halogens is 1. The van der Waals surface area contributed by atoms with E-state index in [9.17, 15) is 0 Å². The average Bonchev–Trinajstić information content (AvgIpc) is 3.16. The SMILES string of the molecule is COc1cc(C2NCCc3c2[nH]c2ccc(Cl)cc32)c(OC)cc1-c1ccccc1. The van der Waals surface area contributed by atoms with Gasteiger partial charge in [0.2, 0.25) is 0 Å². The second-order valence-electron chi connectivity index (χ2n) is 7.50. The zero-order valence-corrected chi connectivity index (χ0v) is 17.7. The van der Waals surface area contributed by atoms with Crippen molar-refractivity contribution in [2.75, 3.05) is 20.8 Å². The van der Waals surface area contributed by atoms with Crippen LogP contribution < -0.4 is 14.8 Å². The van der Waals surface area contributed by atoms with Crippen LogP contribution in [0.15, 0.2) is 60.7 Å². The summed E-state index contributed by atoms with van der Waals surface area (Å²) in [6, 6.07) is 20.4. The van der Waals surface area contributed by atoms with Crippen molar-refractivity contribution in [2.45, 2.75) is 12.5 Å². The first-order valence-corrected chi connectivity index (χ1v) is 10.4. The van der Waals surface area contributed by atoms with Gasteiger partial charge in [0, 0.05) is 39.3 Å². The van der Waals surface area contributed by atoms with Gasteiger partial charge in [-0.3, -0.25) is 0 Å². The average molecular weight is 419 g/mol. The number of aromatic nitrogens is 1. The quantitative estimate of drug-likeness (QED) is 0.444. The third-order valence-electron chi connectivity index (χ3n) is 5.86. The van der Waals surface area contributed by atoms with Gasteiger partial charge in [0.15, 0.2) is 0 Å². The second kappa shape index (κ2) is 7.71. The summed E-state index contributed by atoms with van der Waals surface area (Å²) < 4.78 is 11.6. The molecule has 0 aliphatic carbocycles. The molecule has 0 fully saturated rings. The molecule has 4 nitrogen and oxygen atoms in total. The molecule has 0 saturated heterocycles. The van der Waals surface area contributed by atoms with Gasteiger partial charge in [-0.15, -0.1) is 0 Å². The van der Waals surface area contributed by atoms with Crippen LogP contribution >= 0.6 is 11.6 Å². The van der Waals surface area contributed by atoms with Crippen LogP contribution in [0.5, 0.6) is 11.5 Å². The number of H-pyrrole nitrogens is 1. The van der Waals surface area contributed by atoms with Gasteiger partial charge in [-0.1, -0.05) is 41.9 Å². The summed E-state index contributed by atoms with van der Waals surface area (Å²) >= 11 is 6.27. The van der Waals surface area contributed by atoms with Gasteiger partial charge < -0.3 is 19.8 Å². The predicted octanol–water partition coefficient (Wildman–Crippen LogP) is 5.74. The van der Waals surface area contributed by atoms with Gasteiger partial charge >= 0.3 is 0 Å². The minimum atomic E-state index is -0.0198. The maximum atomic E-state index is 6.27. The molecule has 2 N–H and O–H groups in total. The third kappa shape index (κ3) is 3.13. The number of fused-ring (bicyclic) bond motifs is 3. The molecule has 2 heterocycles. The van der Waals surface area contributed by atoms with E-state index in [1.807, 2.05) is 36.4 Å². The number of nitrogens with one attached hydrogen (secondary N) is 2. The summed E-state index contributed by atoms with van der Waals surface area (Å²) in [7, 11) is 3.43. The number of hydrogen-bond acceptors (Lipinski definition) is 3. The van der Waals surface area contributed by atoms with Gasteiger partial charge in [0.1, 0.15) is 11.5 Å². The van der Waals surface area contributed by atoms with E-state index in [1.54, 1.807) is 14.2 Å². The Morgan fingerprint density at radius 1 is 0.933 bits per heavy atom. The number of benzene rings is 3. The molecule has 5 heteroatoms. The fourth-order valence-corrected chi connectivity index (χ4v) is 4.63. The van der Waals surface area contributed by atoms with E-state index >= 15 is 0 Å². The molecule has 0 bridgehead atoms. The molecule has 3 aromatic carbocycles. The number of ether oxygens (including phenoxy) is 2. The molecule has 30 heavy (non-hydrogen) atoms. The Kier molecular flexibility index (Phi) is 4.89. The van der Waals surface area contributed by atoms with Crippen molar-refractivity contribution in [2.24, 2.45) is 0 Å². The highest BCUT2D eigenvalue weighted by molar-refractivity contribution is 6.31. The number of hydrogen-bond donors (Lipinski definition) is 2. The van der Waals surface area contributed by atoms with Crippen molar-refractivity contribution in [3.63, 3.8) is 0 Å². The molecule has 0 radical (unpaired) electrons. The lowest BCUT2D eigenvalue weighted by Gasteiger charge is -2.27. The fourth-order valence-electron chi connectivity index (χ4n) is 4.46. The van der Waals surface area contributed by atoms with Gasteiger partial charge in [-0.05, 0) is 47.9 Å². The molecule has 1 aliphatic heterocycles. The van der Waals surface area contributed by atoms with Gasteiger partial charge in [0.05, 0.1) is 20.3 Å². The highest BCUT2D eigenvalue weighted by atomic mass is 35.5. The number of methoxy groups -OCH3 is 2. The number of rotatable bonds is 4. The molecule has 1 aliphatic rings.